The average molecular weight is 415 g/mol. The molecule has 1 heterocycles. The van der Waals surface area contributed by atoms with Crippen molar-refractivity contribution in [1.82, 2.24) is 5.32 Å². The molecule has 0 saturated carbocycles. The molecule has 9 heteroatoms. The summed E-state index contributed by atoms with van der Waals surface area (Å²) < 4.78 is 82.2. The molecule has 0 aliphatic carbocycles. The van der Waals surface area contributed by atoms with Crippen LogP contribution in [0.15, 0.2) is 29.3 Å². The monoisotopic (exact) mass is 415 g/mol. The Morgan fingerprint density at radius 1 is 0.931 bits per heavy atom. The normalized spacial score (nSPS) is 22.3. The van der Waals surface area contributed by atoms with E-state index >= 15 is 0 Å². The molecule has 156 valence electrons. The summed E-state index contributed by atoms with van der Waals surface area (Å²) in [5, 5.41) is 3.10. The van der Waals surface area contributed by atoms with Gasteiger partial charge in [-0.1, -0.05) is 19.1 Å². The van der Waals surface area contributed by atoms with Gasteiger partial charge in [-0.15, -0.1) is 0 Å². The maximum atomic E-state index is 14.2. The lowest BCUT2D eigenvalue weighted by Crippen LogP contribution is -2.48. The van der Waals surface area contributed by atoms with Gasteiger partial charge in [-0.2, -0.15) is 0 Å². The molecule has 3 unspecified atom stereocenters. The van der Waals surface area contributed by atoms with Crippen molar-refractivity contribution in [3.8, 4) is 0 Å². The first-order valence-electron chi connectivity index (χ1n) is 9.01. The predicted molar refractivity (Wildman–Crippen MR) is 96.7 cm³/mol. The summed E-state index contributed by atoms with van der Waals surface area (Å²) in [6.07, 6.45) is -0.469. The van der Waals surface area contributed by atoms with Crippen LogP contribution in [0, 0.1) is 40.8 Å². The Balaban J connectivity index is 2.00. The van der Waals surface area contributed by atoms with E-state index in [-0.39, 0.29) is 19.1 Å². The van der Waals surface area contributed by atoms with Crippen LogP contribution in [0.5, 0.6) is 0 Å². The van der Waals surface area contributed by atoms with E-state index in [1.54, 1.807) is 6.92 Å². The van der Waals surface area contributed by atoms with Crippen LogP contribution in [-0.4, -0.2) is 30.9 Å². The molecule has 0 radical (unpaired) electrons. The minimum atomic E-state index is -2.20. The second-order valence-electron chi connectivity index (χ2n) is 6.98. The van der Waals surface area contributed by atoms with Crippen LogP contribution in [0.3, 0.4) is 0 Å². The number of rotatable bonds is 4. The smallest absolute Gasteiger partial charge is 0.200 e. The highest BCUT2D eigenvalue weighted by Gasteiger charge is 2.33. The maximum absolute atomic E-state index is 14.2. The fraction of sp³-hybridized carbons (Fsp3) is 0.350. The molecule has 3 nitrogen and oxygen atoms in total. The largest absolute Gasteiger partial charge is 0.329 e. The summed E-state index contributed by atoms with van der Waals surface area (Å²) in [5.41, 5.74) is 5.93. The number of benzene rings is 2. The Bertz CT molecular complexity index is 900. The van der Waals surface area contributed by atoms with Gasteiger partial charge in [0.2, 0.25) is 5.82 Å². The van der Waals surface area contributed by atoms with E-state index in [0.29, 0.717) is 11.3 Å². The molecule has 0 amide bonds. The summed E-state index contributed by atoms with van der Waals surface area (Å²) in [5.74, 6) is -10.8. The van der Waals surface area contributed by atoms with Gasteiger partial charge in [-0.25, -0.2) is 26.3 Å². The second-order valence-corrected chi connectivity index (χ2v) is 6.98. The van der Waals surface area contributed by atoms with Crippen LogP contribution in [-0.2, 0) is 6.42 Å². The van der Waals surface area contributed by atoms with E-state index in [4.69, 9.17) is 5.73 Å². The number of aliphatic imine (C=N–C) groups is 1. The quantitative estimate of drug-likeness (QED) is 0.456. The van der Waals surface area contributed by atoms with E-state index in [0.717, 1.165) is 0 Å². The van der Waals surface area contributed by atoms with Crippen molar-refractivity contribution in [1.29, 1.82) is 0 Å². The van der Waals surface area contributed by atoms with E-state index in [2.05, 4.69) is 10.3 Å². The molecule has 2 aromatic carbocycles. The molecule has 1 aliphatic heterocycles. The van der Waals surface area contributed by atoms with E-state index < -0.39 is 58.8 Å². The van der Waals surface area contributed by atoms with Crippen molar-refractivity contribution in [3.05, 3.63) is 70.3 Å². The summed E-state index contributed by atoms with van der Waals surface area (Å²) in [6, 6.07) is 4.46. The average Bonchev–Trinajstić information content (AvgIpc) is 2.87. The summed E-state index contributed by atoms with van der Waals surface area (Å²) in [7, 11) is 0. The van der Waals surface area contributed by atoms with Crippen molar-refractivity contribution in [2.45, 2.75) is 25.4 Å². The van der Waals surface area contributed by atoms with Crippen molar-refractivity contribution >= 4 is 5.71 Å². The minimum absolute atomic E-state index is 0.153. The highest BCUT2D eigenvalue weighted by molar-refractivity contribution is 6.02. The fourth-order valence-electron chi connectivity index (χ4n) is 3.45. The van der Waals surface area contributed by atoms with Crippen LogP contribution in [0.25, 0.3) is 0 Å². The topological polar surface area (TPSA) is 50.4 Å². The number of nitrogens with two attached hydrogens (primary N) is 1. The van der Waals surface area contributed by atoms with Gasteiger partial charge in [-0.05, 0) is 24.1 Å². The van der Waals surface area contributed by atoms with Crippen LogP contribution in [0.4, 0.5) is 26.3 Å². The second kappa shape index (κ2) is 8.54. The van der Waals surface area contributed by atoms with Crippen molar-refractivity contribution in [2.75, 3.05) is 13.1 Å². The molecular weight excluding hydrogens is 396 g/mol. The van der Waals surface area contributed by atoms with Gasteiger partial charge < -0.3 is 11.1 Å². The summed E-state index contributed by atoms with van der Waals surface area (Å²) in [4.78, 5) is 4.50. The van der Waals surface area contributed by atoms with E-state index in [9.17, 15) is 26.3 Å². The first-order chi connectivity index (χ1) is 13.7. The summed E-state index contributed by atoms with van der Waals surface area (Å²) >= 11 is 0. The zero-order valence-corrected chi connectivity index (χ0v) is 15.5. The summed E-state index contributed by atoms with van der Waals surface area (Å²) in [6.45, 7) is 2.12. The number of nitrogens with one attached hydrogen (secondary N) is 1. The van der Waals surface area contributed by atoms with Crippen LogP contribution >= 0.6 is 0 Å². The Labute approximate surface area is 163 Å². The van der Waals surface area contributed by atoms with Crippen LogP contribution in [0.2, 0.25) is 0 Å². The van der Waals surface area contributed by atoms with Crippen LogP contribution < -0.4 is 11.1 Å². The number of halogens is 6. The lowest BCUT2D eigenvalue weighted by molar-refractivity contribution is 0.351. The van der Waals surface area contributed by atoms with Crippen molar-refractivity contribution in [3.63, 3.8) is 0 Å². The lowest BCUT2D eigenvalue weighted by Gasteiger charge is -2.27. The van der Waals surface area contributed by atoms with Gasteiger partial charge in [0.05, 0.1) is 6.54 Å². The molecule has 0 bridgehead atoms. The SMILES string of the molecule is CC1C(c2ccc(F)cc2)=NCC(CN)NC1Cc1c(F)c(F)c(F)c(F)c1F. The Hall–Kier alpha value is -2.39. The highest BCUT2D eigenvalue weighted by atomic mass is 19.2. The molecule has 0 aromatic heterocycles. The highest BCUT2D eigenvalue weighted by Crippen LogP contribution is 2.27. The molecule has 0 spiro atoms. The predicted octanol–water partition coefficient (Wildman–Crippen LogP) is 3.49. The van der Waals surface area contributed by atoms with Gasteiger partial charge in [0.25, 0.3) is 0 Å². The molecule has 3 atom stereocenters. The third-order valence-corrected chi connectivity index (χ3v) is 5.12. The fourth-order valence-corrected chi connectivity index (χ4v) is 3.45. The Morgan fingerprint density at radius 3 is 2.03 bits per heavy atom. The zero-order valence-electron chi connectivity index (χ0n) is 15.5. The van der Waals surface area contributed by atoms with Gasteiger partial charge in [0.15, 0.2) is 23.3 Å². The van der Waals surface area contributed by atoms with Crippen molar-refractivity contribution in [2.24, 2.45) is 16.6 Å². The van der Waals surface area contributed by atoms with Gasteiger partial charge in [0.1, 0.15) is 5.82 Å². The third-order valence-electron chi connectivity index (χ3n) is 5.12. The van der Waals surface area contributed by atoms with Crippen LogP contribution in [0.1, 0.15) is 18.1 Å². The lowest BCUT2D eigenvalue weighted by atomic mass is 9.87. The zero-order chi connectivity index (χ0) is 21.3. The molecule has 3 rings (SSSR count). The Morgan fingerprint density at radius 2 is 1.48 bits per heavy atom. The third kappa shape index (κ3) is 4.16. The maximum Gasteiger partial charge on any atom is 0.200 e. The number of nitrogens with zero attached hydrogens (tertiary/aromatic N) is 1. The molecule has 3 N–H and O–H groups in total. The van der Waals surface area contributed by atoms with Gasteiger partial charge in [0, 0.05) is 35.8 Å². The molecule has 1 aliphatic rings. The Kier molecular flexibility index (Phi) is 6.28. The first-order valence-corrected chi connectivity index (χ1v) is 9.01. The molecule has 0 saturated heterocycles. The molecular formula is C20H19F6N3. The number of hydrogen-bond donors (Lipinski definition) is 2. The van der Waals surface area contributed by atoms with Gasteiger partial charge >= 0.3 is 0 Å². The molecule has 2 aromatic rings. The minimum Gasteiger partial charge on any atom is -0.329 e. The first kappa shape index (κ1) is 21.3. The standard InChI is InChI=1S/C20H19F6N3/c1-9-14(6-13-15(22)17(24)19(26)18(25)16(13)23)29-12(7-27)8-28-20(9)10-2-4-11(21)5-3-10/h2-5,9,12,14,29H,6-8,27H2,1H3. The van der Waals surface area contributed by atoms with E-state index in [1.807, 2.05) is 0 Å². The molecule has 0 fully saturated rings. The van der Waals surface area contributed by atoms with Gasteiger partial charge in [-0.3, -0.25) is 4.99 Å². The van der Waals surface area contributed by atoms with Crippen molar-refractivity contribution < 1.29 is 26.3 Å². The van der Waals surface area contributed by atoms with E-state index in [1.165, 1.54) is 24.3 Å². The number of hydrogen-bond acceptors (Lipinski definition) is 3. The molecule has 29 heavy (non-hydrogen) atoms.